The molecular formula is C14H22ClN3O3. The smallest absolute Gasteiger partial charge is 0.269 e. The first-order valence-electron chi connectivity index (χ1n) is 6.60. The van der Waals surface area contributed by atoms with E-state index in [1.807, 2.05) is 20.8 Å². The van der Waals surface area contributed by atoms with Gasteiger partial charge in [-0.3, -0.25) is 14.9 Å². The summed E-state index contributed by atoms with van der Waals surface area (Å²) in [6.07, 6.45) is 1.47. The zero-order valence-electron chi connectivity index (χ0n) is 12.5. The lowest BCUT2D eigenvalue weighted by atomic mass is 9.93. The fourth-order valence-corrected chi connectivity index (χ4v) is 1.91. The van der Waals surface area contributed by atoms with Crippen LogP contribution < -0.4 is 11.1 Å². The van der Waals surface area contributed by atoms with Gasteiger partial charge in [0.05, 0.1) is 16.5 Å². The number of carbonyl (C=O) groups is 1. The predicted molar refractivity (Wildman–Crippen MR) is 84.4 cm³/mol. The molecule has 1 atom stereocenters. The fourth-order valence-electron chi connectivity index (χ4n) is 1.91. The van der Waals surface area contributed by atoms with E-state index in [9.17, 15) is 14.9 Å². The van der Waals surface area contributed by atoms with Crippen molar-refractivity contribution in [3.63, 3.8) is 0 Å². The molecule has 0 saturated heterocycles. The number of nitrogens with one attached hydrogen (secondary N) is 1. The van der Waals surface area contributed by atoms with Crippen LogP contribution in [0.2, 0.25) is 0 Å². The van der Waals surface area contributed by atoms with Crippen LogP contribution in [-0.2, 0) is 10.3 Å². The van der Waals surface area contributed by atoms with Gasteiger partial charge in [-0.25, -0.2) is 0 Å². The lowest BCUT2D eigenvalue weighted by Crippen LogP contribution is -2.48. The molecule has 3 N–H and O–H groups in total. The van der Waals surface area contributed by atoms with E-state index in [2.05, 4.69) is 5.32 Å². The molecule has 1 aromatic carbocycles. The van der Waals surface area contributed by atoms with Gasteiger partial charge in [0.2, 0.25) is 5.91 Å². The van der Waals surface area contributed by atoms with E-state index in [0.29, 0.717) is 6.42 Å². The summed E-state index contributed by atoms with van der Waals surface area (Å²) in [6.45, 7) is 5.64. The van der Waals surface area contributed by atoms with Crippen molar-refractivity contribution in [1.29, 1.82) is 0 Å². The largest absolute Gasteiger partial charge is 0.346 e. The standard InChI is InChI=1S/C14H21N3O3.ClH/c1-4-5-12(15)13(18)16-14(2,3)10-6-8-11(9-7-10)17(19)20;/h6-9,12H,4-5,15H2,1-3H3,(H,16,18);1H. The van der Waals surface area contributed by atoms with Crippen molar-refractivity contribution in [2.24, 2.45) is 5.73 Å². The molecule has 1 unspecified atom stereocenters. The number of amides is 1. The van der Waals surface area contributed by atoms with Crippen LogP contribution in [0.25, 0.3) is 0 Å². The van der Waals surface area contributed by atoms with Gasteiger partial charge in [0.15, 0.2) is 0 Å². The van der Waals surface area contributed by atoms with Crippen molar-refractivity contribution < 1.29 is 9.72 Å². The number of nitro groups is 1. The summed E-state index contributed by atoms with van der Waals surface area (Å²) < 4.78 is 0. The molecule has 0 aliphatic rings. The number of hydrogen-bond acceptors (Lipinski definition) is 4. The first-order chi connectivity index (χ1) is 9.27. The molecule has 6 nitrogen and oxygen atoms in total. The molecule has 118 valence electrons. The molecule has 1 aromatic rings. The molecule has 0 aromatic heterocycles. The molecule has 7 heteroatoms. The van der Waals surface area contributed by atoms with Crippen LogP contribution in [0.3, 0.4) is 0 Å². The molecule has 21 heavy (non-hydrogen) atoms. The summed E-state index contributed by atoms with van der Waals surface area (Å²) in [7, 11) is 0. The van der Waals surface area contributed by atoms with Gasteiger partial charge in [0, 0.05) is 12.1 Å². The molecule has 0 aliphatic carbocycles. The molecular weight excluding hydrogens is 294 g/mol. The number of nitrogens with two attached hydrogens (primary N) is 1. The summed E-state index contributed by atoms with van der Waals surface area (Å²) in [5.41, 5.74) is 5.97. The van der Waals surface area contributed by atoms with Crippen LogP contribution in [0, 0.1) is 10.1 Å². The lowest BCUT2D eigenvalue weighted by molar-refractivity contribution is -0.384. The Balaban J connectivity index is 0.00000400. The van der Waals surface area contributed by atoms with Crippen molar-refractivity contribution in [2.45, 2.75) is 45.2 Å². The van der Waals surface area contributed by atoms with Gasteiger partial charge in [0.25, 0.3) is 5.69 Å². The SMILES string of the molecule is CCCC(N)C(=O)NC(C)(C)c1ccc([N+](=O)[O-])cc1.Cl. The second kappa shape index (κ2) is 7.95. The molecule has 1 rings (SSSR count). The Morgan fingerprint density at radius 2 is 1.90 bits per heavy atom. The summed E-state index contributed by atoms with van der Waals surface area (Å²) in [4.78, 5) is 22.1. The third kappa shape index (κ3) is 5.32. The lowest BCUT2D eigenvalue weighted by Gasteiger charge is -2.28. The minimum absolute atomic E-state index is 0. The summed E-state index contributed by atoms with van der Waals surface area (Å²) in [6, 6.07) is 5.61. The van der Waals surface area contributed by atoms with Crippen molar-refractivity contribution in [3.8, 4) is 0 Å². The van der Waals surface area contributed by atoms with E-state index in [4.69, 9.17) is 5.73 Å². The highest BCUT2D eigenvalue weighted by Crippen LogP contribution is 2.22. The number of nitrogens with zero attached hydrogens (tertiary/aromatic N) is 1. The van der Waals surface area contributed by atoms with Crippen LogP contribution in [0.1, 0.15) is 39.2 Å². The Morgan fingerprint density at radius 3 is 2.33 bits per heavy atom. The number of non-ortho nitro benzene ring substituents is 1. The third-order valence-corrected chi connectivity index (χ3v) is 3.17. The number of nitro benzene ring substituents is 1. The zero-order chi connectivity index (χ0) is 15.3. The second-order valence-electron chi connectivity index (χ2n) is 5.31. The zero-order valence-corrected chi connectivity index (χ0v) is 13.3. The molecule has 0 heterocycles. The van der Waals surface area contributed by atoms with Gasteiger partial charge in [-0.05, 0) is 38.0 Å². The van der Waals surface area contributed by atoms with Crippen molar-refractivity contribution in [3.05, 3.63) is 39.9 Å². The van der Waals surface area contributed by atoms with E-state index >= 15 is 0 Å². The Kier molecular flexibility index (Phi) is 7.32. The average molecular weight is 316 g/mol. The number of carbonyl (C=O) groups excluding carboxylic acids is 1. The van der Waals surface area contributed by atoms with Gasteiger partial charge in [0.1, 0.15) is 0 Å². The molecule has 0 aliphatic heterocycles. The Labute approximate surface area is 130 Å². The molecule has 0 radical (unpaired) electrons. The third-order valence-electron chi connectivity index (χ3n) is 3.17. The maximum Gasteiger partial charge on any atom is 0.269 e. The fraction of sp³-hybridized carbons (Fsp3) is 0.500. The van der Waals surface area contributed by atoms with Crippen LogP contribution >= 0.6 is 12.4 Å². The normalized spacial score (nSPS) is 12.2. The van der Waals surface area contributed by atoms with Gasteiger partial charge in [-0.1, -0.05) is 13.3 Å². The van der Waals surface area contributed by atoms with E-state index in [1.165, 1.54) is 12.1 Å². The van der Waals surface area contributed by atoms with E-state index in [0.717, 1.165) is 12.0 Å². The minimum Gasteiger partial charge on any atom is -0.346 e. The number of rotatable bonds is 6. The maximum absolute atomic E-state index is 12.0. The predicted octanol–water partition coefficient (Wildman–Crippen LogP) is 2.50. The monoisotopic (exact) mass is 315 g/mol. The molecule has 0 saturated carbocycles. The Morgan fingerprint density at radius 1 is 1.38 bits per heavy atom. The van der Waals surface area contributed by atoms with Gasteiger partial charge >= 0.3 is 0 Å². The topological polar surface area (TPSA) is 98.3 Å². The number of benzene rings is 1. The van der Waals surface area contributed by atoms with Crippen molar-refractivity contribution in [1.82, 2.24) is 5.32 Å². The van der Waals surface area contributed by atoms with E-state index in [1.54, 1.807) is 12.1 Å². The highest BCUT2D eigenvalue weighted by atomic mass is 35.5. The van der Waals surface area contributed by atoms with Gasteiger partial charge in [-0.15, -0.1) is 12.4 Å². The molecule has 0 spiro atoms. The van der Waals surface area contributed by atoms with E-state index in [-0.39, 0.29) is 24.0 Å². The maximum atomic E-state index is 12.0. The van der Waals surface area contributed by atoms with Crippen LogP contribution in [-0.4, -0.2) is 16.9 Å². The average Bonchev–Trinajstić information content (AvgIpc) is 2.38. The van der Waals surface area contributed by atoms with Gasteiger partial charge < -0.3 is 11.1 Å². The first-order valence-corrected chi connectivity index (χ1v) is 6.60. The summed E-state index contributed by atoms with van der Waals surface area (Å²) in [5, 5.41) is 13.5. The molecule has 0 bridgehead atoms. The Hall–Kier alpha value is -1.66. The number of halogens is 1. The minimum atomic E-state index is -0.627. The first kappa shape index (κ1) is 19.3. The van der Waals surface area contributed by atoms with Crippen molar-refractivity contribution in [2.75, 3.05) is 0 Å². The van der Waals surface area contributed by atoms with Crippen molar-refractivity contribution >= 4 is 24.0 Å². The highest BCUT2D eigenvalue weighted by Gasteiger charge is 2.25. The quantitative estimate of drug-likeness (QED) is 0.622. The van der Waals surface area contributed by atoms with E-state index < -0.39 is 16.5 Å². The molecule has 0 fully saturated rings. The molecule has 1 amide bonds. The number of hydrogen-bond donors (Lipinski definition) is 2. The van der Waals surface area contributed by atoms with Gasteiger partial charge in [-0.2, -0.15) is 0 Å². The second-order valence-corrected chi connectivity index (χ2v) is 5.31. The van der Waals surface area contributed by atoms with Crippen LogP contribution in [0.4, 0.5) is 5.69 Å². The highest BCUT2D eigenvalue weighted by molar-refractivity contribution is 5.85. The summed E-state index contributed by atoms with van der Waals surface area (Å²) in [5.74, 6) is -0.213. The van der Waals surface area contributed by atoms with Crippen LogP contribution in [0.5, 0.6) is 0 Å². The summed E-state index contributed by atoms with van der Waals surface area (Å²) >= 11 is 0. The Bertz CT molecular complexity index is 489. The van der Waals surface area contributed by atoms with Crippen LogP contribution in [0.15, 0.2) is 24.3 Å².